The molecule has 0 bridgehead atoms. The van der Waals surface area contributed by atoms with E-state index in [0.29, 0.717) is 0 Å². The fraction of sp³-hybridized carbons (Fsp3) is 0.107. The molecule has 5 rings (SSSR count). The van der Waals surface area contributed by atoms with E-state index in [1.165, 1.54) is 0 Å². The normalized spacial score (nSPS) is 14.2. The maximum Gasteiger partial charge on any atom is 0.335 e. The molecule has 0 aliphatic carbocycles. The number of rotatable bonds is 4. The molecule has 0 unspecified atom stereocenters. The highest BCUT2D eigenvalue weighted by atomic mass is 16.5. The van der Waals surface area contributed by atoms with Crippen LogP contribution in [0.4, 0.5) is 0 Å². The van der Waals surface area contributed by atoms with Crippen LogP contribution in [0.2, 0.25) is 0 Å². The average molecular weight is 421 g/mol. The number of H-pyrrole nitrogens is 1. The van der Waals surface area contributed by atoms with Gasteiger partial charge >= 0.3 is 5.97 Å². The Morgan fingerprint density at radius 1 is 0.812 bits per heavy atom. The molecule has 2 N–H and O–H groups in total. The summed E-state index contributed by atoms with van der Waals surface area (Å²) in [7, 11) is 0. The number of aromatic carboxylic acids is 1. The quantitative estimate of drug-likeness (QED) is 0.388. The Bertz CT molecular complexity index is 1330. The van der Waals surface area contributed by atoms with Crippen molar-refractivity contribution >= 4 is 11.5 Å². The molecule has 0 spiro atoms. The van der Waals surface area contributed by atoms with E-state index in [0.717, 1.165) is 45.0 Å². The Labute approximate surface area is 186 Å². The van der Waals surface area contributed by atoms with E-state index in [9.17, 15) is 4.79 Å². The minimum Gasteiger partial charge on any atom is -0.483 e. The molecule has 0 amide bonds. The van der Waals surface area contributed by atoms with Crippen LogP contribution >= 0.6 is 0 Å². The monoisotopic (exact) mass is 421 g/mol. The average Bonchev–Trinajstić information content (AvgIpc) is 3.29. The minimum absolute atomic E-state index is 0.276. The van der Waals surface area contributed by atoms with Crippen molar-refractivity contribution in [2.75, 3.05) is 0 Å². The smallest absolute Gasteiger partial charge is 0.335 e. The number of hydrogen-bond donors (Lipinski definition) is 2. The second-order valence-corrected chi connectivity index (χ2v) is 8.51. The van der Waals surface area contributed by atoms with Gasteiger partial charge in [-0.15, -0.1) is 0 Å². The third-order valence-corrected chi connectivity index (χ3v) is 5.66. The first-order chi connectivity index (χ1) is 15.4. The fourth-order valence-electron chi connectivity index (χ4n) is 4.12. The molecule has 158 valence electrons. The Morgan fingerprint density at radius 2 is 1.47 bits per heavy atom. The summed E-state index contributed by atoms with van der Waals surface area (Å²) in [5, 5.41) is 9.11. The summed E-state index contributed by atoms with van der Waals surface area (Å²) in [5.74, 6) is -0.0541. The van der Waals surface area contributed by atoms with Crippen LogP contribution in [-0.4, -0.2) is 21.7 Å². The molecule has 0 saturated carbocycles. The van der Waals surface area contributed by atoms with Gasteiger partial charge in [0.1, 0.15) is 11.4 Å². The van der Waals surface area contributed by atoms with E-state index in [4.69, 9.17) is 9.84 Å². The number of carboxylic acids is 1. The number of aromatic nitrogens is 1. The summed E-state index contributed by atoms with van der Waals surface area (Å²) in [6, 6.07) is 27.5. The minimum atomic E-state index is -0.926. The van der Waals surface area contributed by atoms with Crippen LogP contribution in [-0.2, 0) is 0 Å². The van der Waals surface area contributed by atoms with E-state index >= 15 is 0 Å². The van der Waals surface area contributed by atoms with Crippen molar-refractivity contribution in [3.05, 3.63) is 108 Å². The molecule has 4 aromatic rings. The molecule has 32 heavy (non-hydrogen) atoms. The highest BCUT2D eigenvalue weighted by Crippen LogP contribution is 2.41. The maximum absolute atomic E-state index is 11.1. The SMILES string of the molecule is CC1(C)C=C(c2ccccc2)c2cc(-c3ccc(-c4ccc(C(=O)O)cc4)[nH]3)ccc2O1. The summed E-state index contributed by atoms with van der Waals surface area (Å²) in [5.41, 5.74) is 7.20. The van der Waals surface area contributed by atoms with Crippen molar-refractivity contribution in [1.29, 1.82) is 0 Å². The van der Waals surface area contributed by atoms with E-state index < -0.39 is 5.97 Å². The van der Waals surface area contributed by atoms with E-state index in [1.807, 2.05) is 36.4 Å². The first-order valence-electron chi connectivity index (χ1n) is 10.5. The van der Waals surface area contributed by atoms with Crippen LogP contribution in [0.25, 0.3) is 28.1 Å². The predicted octanol–water partition coefficient (Wildman–Crippen LogP) is 6.65. The summed E-state index contributed by atoms with van der Waals surface area (Å²) in [4.78, 5) is 14.6. The molecule has 2 heterocycles. The van der Waals surface area contributed by atoms with Gasteiger partial charge in [0.15, 0.2) is 0 Å². The summed E-state index contributed by atoms with van der Waals surface area (Å²) in [6.45, 7) is 4.14. The lowest BCUT2D eigenvalue weighted by Crippen LogP contribution is -2.29. The number of ether oxygens (including phenoxy) is 1. The molecule has 3 aromatic carbocycles. The van der Waals surface area contributed by atoms with Crippen molar-refractivity contribution in [2.24, 2.45) is 0 Å². The van der Waals surface area contributed by atoms with Gasteiger partial charge in [-0.05, 0) is 84.7 Å². The standard InChI is InChI=1S/C28H23NO3/c1-28(2)17-23(18-6-4-3-5-7-18)22-16-21(12-15-26(22)32-28)25-14-13-24(29-25)19-8-10-20(11-9-19)27(30)31/h3-17,29H,1-2H3,(H,30,31). The number of nitrogens with one attached hydrogen (secondary N) is 1. The second kappa shape index (κ2) is 7.57. The second-order valence-electron chi connectivity index (χ2n) is 8.51. The Balaban J connectivity index is 1.53. The van der Waals surface area contributed by atoms with Gasteiger partial charge in [-0.1, -0.05) is 42.5 Å². The molecule has 1 aromatic heterocycles. The third-order valence-electron chi connectivity index (χ3n) is 5.66. The van der Waals surface area contributed by atoms with Gasteiger partial charge in [0, 0.05) is 17.0 Å². The van der Waals surface area contributed by atoms with Gasteiger partial charge in [-0.25, -0.2) is 4.79 Å². The highest BCUT2D eigenvalue weighted by Gasteiger charge is 2.27. The number of fused-ring (bicyclic) bond motifs is 1. The largest absolute Gasteiger partial charge is 0.483 e. The summed E-state index contributed by atoms with van der Waals surface area (Å²) >= 11 is 0. The van der Waals surface area contributed by atoms with E-state index in [-0.39, 0.29) is 11.2 Å². The first-order valence-corrected chi connectivity index (χ1v) is 10.5. The van der Waals surface area contributed by atoms with Crippen LogP contribution < -0.4 is 4.74 Å². The van der Waals surface area contributed by atoms with Crippen molar-refractivity contribution in [2.45, 2.75) is 19.4 Å². The zero-order valence-electron chi connectivity index (χ0n) is 17.9. The van der Waals surface area contributed by atoms with Crippen LogP contribution in [0.5, 0.6) is 5.75 Å². The lowest BCUT2D eigenvalue weighted by molar-refractivity contribution is 0.0697. The highest BCUT2D eigenvalue weighted by molar-refractivity contribution is 5.89. The molecule has 1 aliphatic rings. The molecule has 1 aliphatic heterocycles. The van der Waals surface area contributed by atoms with Gasteiger partial charge in [0.05, 0.1) is 5.56 Å². The summed E-state index contributed by atoms with van der Waals surface area (Å²) in [6.07, 6.45) is 2.18. The predicted molar refractivity (Wildman–Crippen MR) is 127 cm³/mol. The van der Waals surface area contributed by atoms with Crippen molar-refractivity contribution in [3.63, 3.8) is 0 Å². The molecule has 0 radical (unpaired) electrons. The van der Waals surface area contributed by atoms with Crippen LogP contribution in [0.3, 0.4) is 0 Å². The third kappa shape index (κ3) is 3.71. The van der Waals surface area contributed by atoms with Crippen LogP contribution in [0, 0.1) is 0 Å². The van der Waals surface area contributed by atoms with Gasteiger partial charge in [-0.3, -0.25) is 0 Å². The Hall–Kier alpha value is -4.05. The fourth-order valence-corrected chi connectivity index (χ4v) is 4.12. The topological polar surface area (TPSA) is 62.3 Å². The zero-order valence-corrected chi connectivity index (χ0v) is 17.9. The summed E-state index contributed by atoms with van der Waals surface area (Å²) < 4.78 is 6.23. The van der Waals surface area contributed by atoms with Gasteiger partial charge < -0.3 is 14.8 Å². The molecule has 0 fully saturated rings. The van der Waals surface area contributed by atoms with Crippen molar-refractivity contribution < 1.29 is 14.6 Å². The van der Waals surface area contributed by atoms with Gasteiger partial charge in [-0.2, -0.15) is 0 Å². The van der Waals surface area contributed by atoms with Crippen LogP contribution in [0.1, 0.15) is 35.3 Å². The van der Waals surface area contributed by atoms with Crippen molar-refractivity contribution in [3.8, 4) is 28.3 Å². The molecule has 4 nitrogen and oxygen atoms in total. The van der Waals surface area contributed by atoms with Gasteiger partial charge in [0.25, 0.3) is 0 Å². The molecule has 0 atom stereocenters. The lowest BCUT2D eigenvalue weighted by Gasteiger charge is -2.31. The molecular weight excluding hydrogens is 398 g/mol. The number of carbonyl (C=O) groups is 1. The van der Waals surface area contributed by atoms with E-state index in [1.54, 1.807) is 12.1 Å². The van der Waals surface area contributed by atoms with Crippen molar-refractivity contribution in [1.82, 2.24) is 4.98 Å². The number of aromatic amines is 1. The Kier molecular flexibility index (Phi) is 4.71. The van der Waals surface area contributed by atoms with E-state index in [2.05, 4.69) is 61.3 Å². The molecular formula is C28H23NO3. The maximum atomic E-state index is 11.1. The molecule has 0 saturated heterocycles. The number of carboxylic acid groups (broad SMARTS) is 1. The number of hydrogen-bond acceptors (Lipinski definition) is 2. The van der Waals surface area contributed by atoms with Gasteiger partial charge in [0.2, 0.25) is 0 Å². The molecule has 4 heteroatoms. The van der Waals surface area contributed by atoms with Crippen LogP contribution in [0.15, 0.2) is 91.0 Å². The first kappa shape index (κ1) is 19.9. The zero-order chi connectivity index (χ0) is 22.3. The Morgan fingerprint density at radius 3 is 2.16 bits per heavy atom. The lowest BCUT2D eigenvalue weighted by atomic mass is 9.89. The number of benzene rings is 3.